The second kappa shape index (κ2) is 8.01. The van der Waals surface area contributed by atoms with E-state index in [1.54, 1.807) is 0 Å². The van der Waals surface area contributed by atoms with Gasteiger partial charge in [0.15, 0.2) is 0 Å². The molecule has 1 aliphatic carbocycles. The van der Waals surface area contributed by atoms with E-state index in [0.717, 1.165) is 18.9 Å². The molecule has 136 valence electrons. The monoisotopic (exact) mass is 353 g/mol. The molecule has 0 amide bonds. The van der Waals surface area contributed by atoms with E-state index in [0.29, 0.717) is 5.92 Å². The SMILES string of the molecule is NCCCC1CC1c1cn(-c2ccc3ccccc3c2)cn1.O=C(O)O. The first-order chi connectivity index (χ1) is 12.6. The van der Waals surface area contributed by atoms with Gasteiger partial charge in [0.05, 0.1) is 12.0 Å². The lowest BCUT2D eigenvalue weighted by atomic mass is 10.1. The van der Waals surface area contributed by atoms with Crippen molar-refractivity contribution in [3.8, 4) is 5.69 Å². The van der Waals surface area contributed by atoms with E-state index in [-0.39, 0.29) is 0 Å². The van der Waals surface area contributed by atoms with Crippen molar-refractivity contribution < 1.29 is 15.0 Å². The van der Waals surface area contributed by atoms with Gasteiger partial charge in [-0.1, -0.05) is 30.3 Å². The Labute approximate surface area is 151 Å². The summed E-state index contributed by atoms with van der Waals surface area (Å²) in [5.74, 6) is 1.44. The maximum atomic E-state index is 8.56. The van der Waals surface area contributed by atoms with Gasteiger partial charge >= 0.3 is 6.16 Å². The van der Waals surface area contributed by atoms with Gasteiger partial charge in [0, 0.05) is 17.8 Å². The summed E-state index contributed by atoms with van der Waals surface area (Å²) in [6, 6.07) is 15.0. The highest BCUT2D eigenvalue weighted by atomic mass is 16.6. The summed E-state index contributed by atoms with van der Waals surface area (Å²) in [6.45, 7) is 0.800. The third kappa shape index (κ3) is 4.40. The predicted octanol–water partition coefficient (Wildman–Crippen LogP) is 4.09. The Morgan fingerprint density at radius 1 is 1.19 bits per heavy atom. The van der Waals surface area contributed by atoms with Crippen LogP contribution < -0.4 is 5.73 Å². The summed E-state index contributed by atoms with van der Waals surface area (Å²) < 4.78 is 2.14. The molecule has 1 heterocycles. The quantitative estimate of drug-likeness (QED) is 0.641. The average molecular weight is 353 g/mol. The topological polar surface area (TPSA) is 101 Å². The lowest BCUT2D eigenvalue weighted by molar-refractivity contribution is 0.137. The molecule has 4 N–H and O–H groups in total. The van der Waals surface area contributed by atoms with Crippen LogP contribution in [0.5, 0.6) is 0 Å². The molecule has 0 aliphatic heterocycles. The van der Waals surface area contributed by atoms with Gasteiger partial charge in [-0.3, -0.25) is 0 Å². The maximum absolute atomic E-state index is 8.56. The van der Waals surface area contributed by atoms with E-state index in [2.05, 4.69) is 58.2 Å². The van der Waals surface area contributed by atoms with E-state index >= 15 is 0 Å². The van der Waals surface area contributed by atoms with Gasteiger partial charge in [0.25, 0.3) is 0 Å². The summed E-state index contributed by atoms with van der Waals surface area (Å²) >= 11 is 0. The molecule has 0 saturated heterocycles. The molecule has 2 aromatic carbocycles. The third-order valence-electron chi connectivity index (χ3n) is 4.72. The number of hydrogen-bond donors (Lipinski definition) is 3. The van der Waals surface area contributed by atoms with Crippen molar-refractivity contribution in [3.05, 3.63) is 60.7 Å². The Morgan fingerprint density at radius 3 is 2.65 bits per heavy atom. The Hall–Kier alpha value is -2.86. The molecular formula is C20H23N3O3. The number of hydrogen-bond acceptors (Lipinski definition) is 3. The molecule has 1 saturated carbocycles. The van der Waals surface area contributed by atoms with Gasteiger partial charge in [-0.2, -0.15) is 0 Å². The number of nitrogens with zero attached hydrogens (tertiary/aromatic N) is 2. The molecule has 0 radical (unpaired) electrons. The van der Waals surface area contributed by atoms with Crippen molar-refractivity contribution in [1.82, 2.24) is 9.55 Å². The highest BCUT2D eigenvalue weighted by molar-refractivity contribution is 5.84. The molecule has 1 aliphatic rings. The molecule has 1 fully saturated rings. The zero-order chi connectivity index (χ0) is 18.5. The van der Waals surface area contributed by atoms with Crippen LogP contribution in [0.1, 0.15) is 30.9 Å². The highest BCUT2D eigenvalue weighted by Gasteiger charge is 2.39. The molecule has 2 unspecified atom stereocenters. The molecular weight excluding hydrogens is 330 g/mol. The summed E-state index contributed by atoms with van der Waals surface area (Å²) in [6.07, 6.45) is 5.94. The second-order valence-electron chi connectivity index (χ2n) is 6.55. The van der Waals surface area contributed by atoms with Crippen molar-refractivity contribution in [1.29, 1.82) is 0 Å². The Morgan fingerprint density at radius 2 is 1.92 bits per heavy atom. The van der Waals surface area contributed by atoms with Crippen molar-refractivity contribution in [2.75, 3.05) is 6.54 Å². The molecule has 6 heteroatoms. The third-order valence-corrected chi connectivity index (χ3v) is 4.72. The fourth-order valence-corrected chi connectivity index (χ4v) is 3.32. The van der Waals surface area contributed by atoms with Crippen LogP contribution in [-0.4, -0.2) is 32.5 Å². The minimum Gasteiger partial charge on any atom is -0.450 e. The molecule has 26 heavy (non-hydrogen) atoms. The molecule has 6 nitrogen and oxygen atoms in total. The zero-order valence-electron chi connectivity index (χ0n) is 14.5. The molecule has 0 spiro atoms. The molecule has 2 atom stereocenters. The number of nitrogens with two attached hydrogens (primary N) is 1. The fourth-order valence-electron chi connectivity index (χ4n) is 3.32. The van der Waals surface area contributed by atoms with Crippen LogP contribution in [0, 0.1) is 5.92 Å². The van der Waals surface area contributed by atoms with Gasteiger partial charge in [0.1, 0.15) is 0 Å². The zero-order valence-corrected chi connectivity index (χ0v) is 14.5. The van der Waals surface area contributed by atoms with Crippen molar-refractivity contribution in [2.24, 2.45) is 11.7 Å². The lowest BCUT2D eigenvalue weighted by Crippen LogP contribution is -1.98. The minimum atomic E-state index is -1.83. The van der Waals surface area contributed by atoms with Crippen molar-refractivity contribution >= 4 is 16.9 Å². The molecule has 4 rings (SSSR count). The van der Waals surface area contributed by atoms with Gasteiger partial charge in [0.2, 0.25) is 0 Å². The van der Waals surface area contributed by atoms with Crippen LogP contribution >= 0.6 is 0 Å². The lowest BCUT2D eigenvalue weighted by Gasteiger charge is -2.04. The molecule has 3 aromatic rings. The van der Waals surface area contributed by atoms with Crippen LogP contribution in [0.3, 0.4) is 0 Å². The number of carboxylic acid groups (broad SMARTS) is 2. The normalized spacial score (nSPS) is 18.2. The number of imidazole rings is 1. The van der Waals surface area contributed by atoms with E-state index in [9.17, 15) is 0 Å². The minimum absolute atomic E-state index is 0.647. The van der Waals surface area contributed by atoms with E-state index < -0.39 is 6.16 Å². The smallest absolute Gasteiger partial charge is 0.450 e. The first kappa shape index (κ1) is 17.9. The molecule has 0 bridgehead atoms. The summed E-state index contributed by atoms with van der Waals surface area (Å²) in [5.41, 5.74) is 8.00. The van der Waals surface area contributed by atoms with Gasteiger partial charge < -0.3 is 20.5 Å². The van der Waals surface area contributed by atoms with Crippen molar-refractivity contribution in [3.63, 3.8) is 0 Å². The Bertz CT molecular complexity index is 887. The van der Waals surface area contributed by atoms with Crippen molar-refractivity contribution in [2.45, 2.75) is 25.2 Å². The Kier molecular flexibility index (Phi) is 5.53. The highest BCUT2D eigenvalue weighted by Crippen LogP contribution is 2.49. The Balaban J connectivity index is 0.000000447. The average Bonchev–Trinajstić information content (AvgIpc) is 3.24. The largest absolute Gasteiger partial charge is 0.503 e. The number of benzene rings is 2. The summed E-state index contributed by atoms with van der Waals surface area (Å²) in [5, 5.41) is 16.5. The number of aromatic nitrogens is 2. The predicted molar refractivity (Wildman–Crippen MR) is 101 cm³/mol. The van der Waals surface area contributed by atoms with Crippen LogP contribution in [0.2, 0.25) is 0 Å². The number of rotatable bonds is 5. The standard InChI is InChI=1S/C19H21N3.CH2O3/c20-9-3-6-16-11-18(16)19-12-22(13-21-19)17-8-7-14-4-1-2-5-15(14)10-17;2-1(3)4/h1-2,4-5,7-8,10,12-13,16,18H,3,6,9,11,20H2;(H2,2,3,4). The fraction of sp³-hybridized carbons (Fsp3) is 0.300. The summed E-state index contributed by atoms with van der Waals surface area (Å²) in [4.78, 5) is 13.2. The van der Waals surface area contributed by atoms with Crippen LogP contribution in [0.25, 0.3) is 16.5 Å². The van der Waals surface area contributed by atoms with Gasteiger partial charge in [-0.25, -0.2) is 9.78 Å². The summed E-state index contributed by atoms with van der Waals surface area (Å²) in [7, 11) is 0. The van der Waals surface area contributed by atoms with E-state index in [1.165, 1.54) is 35.0 Å². The molecule has 1 aromatic heterocycles. The van der Waals surface area contributed by atoms with Crippen LogP contribution in [-0.2, 0) is 0 Å². The first-order valence-electron chi connectivity index (χ1n) is 8.73. The number of fused-ring (bicyclic) bond motifs is 1. The van der Waals surface area contributed by atoms with Crippen LogP contribution in [0.4, 0.5) is 4.79 Å². The van der Waals surface area contributed by atoms with Gasteiger partial charge in [-0.15, -0.1) is 0 Å². The second-order valence-corrected chi connectivity index (χ2v) is 6.55. The van der Waals surface area contributed by atoms with Gasteiger partial charge in [-0.05, 0) is 54.6 Å². The first-order valence-corrected chi connectivity index (χ1v) is 8.73. The van der Waals surface area contributed by atoms with E-state index in [4.69, 9.17) is 20.7 Å². The number of carbonyl (C=O) groups is 1. The van der Waals surface area contributed by atoms with E-state index in [1.807, 2.05) is 6.33 Å². The van der Waals surface area contributed by atoms with Crippen LogP contribution in [0.15, 0.2) is 55.0 Å². The maximum Gasteiger partial charge on any atom is 0.503 e.